The van der Waals surface area contributed by atoms with Crippen molar-refractivity contribution in [2.24, 2.45) is 0 Å². The van der Waals surface area contributed by atoms with Crippen LogP contribution >= 0.6 is 11.3 Å². The van der Waals surface area contributed by atoms with Gasteiger partial charge in [0.2, 0.25) is 0 Å². The highest BCUT2D eigenvalue weighted by Crippen LogP contribution is 2.34. The molecule has 17 heavy (non-hydrogen) atoms. The van der Waals surface area contributed by atoms with Gasteiger partial charge in [0.25, 0.3) is 0 Å². The highest BCUT2D eigenvalue weighted by Gasteiger charge is 2.26. The van der Waals surface area contributed by atoms with Gasteiger partial charge in [-0.15, -0.1) is 11.3 Å². The van der Waals surface area contributed by atoms with Crippen LogP contribution in [0.15, 0.2) is 0 Å². The van der Waals surface area contributed by atoms with Crippen molar-refractivity contribution in [3.63, 3.8) is 0 Å². The maximum absolute atomic E-state index is 11.9. The van der Waals surface area contributed by atoms with Gasteiger partial charge in [-0.25, -0.2) is 0 Å². The molecule has 0 aliphatic carbocycles. The maximum Gasteiger partial charge on any atom is 0.390 e. The van der Waals surface area contributed by atoms with E-state index in [1.807, 2.05) is 0 Å². The van der Waals surface area contributed by atoms with Crippen molar-refractivity contribution in [1.82, 2.24) is 0 Å². The Morgan fingerprint density at radius 2 is 1.94 bits per heavy atom. The van der Waals surface area contributed by atoms with E-state index in [1.54, 1.807) is 12.1 Å². The fourth-order valence-electron chi connectivity index (χ4n) is 1.08. The summed E-state index contributed by atoms with van der Waals surface area (Å²) < 4.78 is 35.7. The Hall–Kier alpha value is -1.93. The monoisotopic (exact) mass is 260 g/mol. The van der Waals surface area contributed by atoms with Crippen molar-refractivity contribution in [3.05, 3.63) is 10.4 Å². The molecule has 1 rings (SSSR count). The SMILES string of the molecule is N#Cc1sc(NCCC(F)(F)F)c(C#N)c1N. The van der Waals surface area contributed by atoms with Gasteiger partial charge < -0.3 is 11.1 Å². The molecule has 0 saturated heterocycles. The van der Waals surface area contributed by atoms with E-state index in [1.165, 1.54) is 0 Å². The zero-order chi connectivity index (χ0) is 13.1. The lowest BCUT2D eigenvalue weighted by atomic mass is 10.2. The predicted octanol–water partition coefficient (Wildman–Crippen LogP) is 2.44. The Bertz CT molecular complexity index is 492. The van der Waals surface area contributed by atoms with Crippen LogP contribution in [0.25, 0.3) is 0 Å². The zero-order valence-electron chi connectivity index (χ0n) is 8.43. The molecule has 0 aliphatic rings. The summed E-state index contributed by atoms with van der Waals surface area (Å²) in [5.41, 5.74) is 5.52. The smallest absolute Gasteiger partial charge is 0.390 e. The van der Waals surface area contributed by atoms with E-state index >= 15 is 0 Å². The summed E-state index contributed by atoms with van der Waals surface area (Å²) in [6.07, 6.45) is -5.28. The lowest BCUT2D eigenvalue weighted by molar-refractivity contribution is -0.131. The number of hydrogen-bond acceptors (Lipinski definition) is 5. The van der Waals surface area contributed by atoms with Gasteiger partial charge in [-0.2, -0.15) is 23.7 Å². The number of rotatable bonds is 3. The molecule has 4 nitrogen and oxygen atoms in total. The number of thiophene rings is 1. The number of halogens is 3. The maximum atomic E-state index is 11.9. The number of alkyl halides is 3. The molecule has 0 bridgehead atoms. The lowest BCUT2D eigenvalue weighted by Gasteiger charge is -2.07. The summed E-state index contributed by atoms with van der Waals surface area (Å²) in [4.78, 5) is 0.121. The second-order valence-electron chi connectivity index (χ2n) is 3.06. The first-order valence-corrected chi connectivity index (χ1v) is 5.23. The first-order valence-electron chi connectivity index (χ1n) is 4.42. The molecule has 0 atom stereocenters. The molecule has 90 valence electrons. The predicted molar refractivity (Wildman–Crippen MR) is 57.3 cm³/mol. The number of hydrogen-bond donors (Lipinski definition) is 2. The van der Waals surface area contributed by atoms with Crippen LogP contribution in [0.1, 0.15) is 16.9 Å². The van der Waals surface area contributed by atoms with Crippen LogP contribution < -0.4 is 11.1 Å². The first kappa shape index (κ1) is 13.1. The highest BCUT2D eigenvalue weighted by molar-refractivity contribution is 7.17. The Morgan fingerprint density at radius 3 is 2.41 bits per heavy atom. The molecule has 0 aliphatic heterocycles. The van der Waals surface area contributed by atoms with Crippen LogP contribution in [0.4, 0.5) is 23.9 Å². The Kier molecular flexibility index (Phi) is 3.81. The first-order chi connectivity index (χ1) is 7.89. The zero-order valence-corrected chi connectivity index (χ0v) is 9.24. The average Bonchev–Trinajstić information content (AvgIpc) is 2.53. The molecular formula is C9H7F3N4S. The summed E-state index contributed by atoms with van der Waals surface area (Å²) >= 11 is 0.874. The number of nitrogen functional groups attached to an aromatic ring is 1. The van der Waals surface area contributed by atoms with Crippen molar-refractivity contribution in [2.45, 2.75) is 12.6 Å². The van der Waals surface area contributed by atoms with Crippen molar-refractivity contribution in [2.75, 3.05) is 17.6 Å². The van der Waals surface area contributed by atoms with E-state index in [4.69, 9.17) is 16.3 Å². The van der Waals surface area contributed by atoms with E-state index in [0.29, 0.717) is 0 Å². The van der Waals surface area contributed by atoms with Gasteiger partial charge in [-0.1, -0.05) is 0 Å². The van der Waals surface area contributed by atoms with Crippen molar-refractivity contribution >= 4 is 22.0 Å². The summed E-state index contributed by atoms with van der Waals surface area (Å²) in [7, 11) is 0. The summed E-state index contributed by atoms with van der Waals surface area (Å²) in [6.45, 7) is -0.358. The molecule has 0 amide bonds. The minimum atomic E-state index is -4.26. The third-order valence-electron chi connectivity index (χ3n) is 1.85. The quantitative estimate of drug-likeness (QED) is 0.874. The Balaban J connectivity index is 2.80. The summed E-state index contributed by atoms with van der Waals surface area (Å²) in [6, 6.07) is 3.53. The molecule has 0 radical (unpaired) electrons. The van der Waals surface area contributed by atoms with Gasteiger partial charge >= 0.3 is 6.18 Å². The van der Waals surface area contributed by atoms with E-state index < -0.39 is 12.6 Å². The van der Waals surface area contributed by atoms with Gasteiger partial charge in [0.05, 0.1) is 12.1 Å². The van der Waals surface area contributed by atoms with Crippen LogP contribution in [0.5, 0.6) is 0 Å². The molecule has 1 aromatic heterocycles. The second-order valence-corrected chi connectivity index (χ2v) is 4.09. The summed E-state index contributed by atoms with van der Waals surface area (Å²) in [5.74, 6) is 0. The minimum absolute atomic E-state index is 0.00880. The fourth-order valence-corrected chi connectivity index (χ4v) is 1.97. The summed E-state index contributed by atoms with van der Waals surface area (Å²) in [5, 5.41) is 20.1. The van der Waals surface area contributed by atoms with E-state index in [9.17, 15) is 13.2 Å². The topological polar surface area (TPSA) is 85.6 Å². The molecule has 3 N–H and O–H groups in total. The van der Waals surface area contributed by atoms with E-state index in [-0.39, 0.29) is 27.7 Å². The van der Waals surface area contributed by atoms with Crippen LogP contribution in [0, 0.1) is 22.7 Å². The van der Waals surface area contributed by atoms with E-state index in [2.05, 4.69) is 5.32 Å². The van der Waals surface area contributed by atoms with Gasteiger partial charge in [-0.05, 0) is 0 Å². The van der Waals surface area contributed by atoms with Crippen LogP contribution in [-0.2, 0) is 0 Å². The van der Waals surface area contributed by atoms with Crippen molar-refractivity contribution in [3.8, 4) is 12.1 Å². The van der Waals surface area contributed by atoms with Gasteiger partial charge in [-0.3, -0.25) is 0 Å². The number of nitrogens with two attached hydrogens (primary N) is 1. The lowest BCUT2D eigenvalue weighted by Crippen LogP contribution is -2.14. The third-order valence-corrected chi connectivity index (χ3v) is 2.92. The number of nitriles is 2. The average molecular weight is 260 g/mol. The molecule has 1 aromatic rings. The molecule has 1 heterocycles. The normalized spacial score (nSPS) is 10.6. The minimum Gasteiger partial charge on any atom is -0.396 e. The van der Waals surface area contributed by atoms with Crippen LogP contribution in [0.2, 0.25) is 0 Å². The fraction of sp³-hybridized carbons (Fsp3) is 0.333. The molecule has 0 saturated carbocycles. The Labute approximate surface area is 99.1 Å². The number of anilines is 2. The number of nitrogens with one attached hydrogen (secondary N) is 1. The second kappa shape index (κ2) is 4.93. The Morgan fingerprint density at radius 1 is 1.29 bits per heavy atom. The molecule has 0 spiro atoms. The molecular weight excluding hydrogens is 253 g/mol. The standard InChI is InChI=1S/C9H7F3N4S/c10-9(11,12)1-2-16-8-5(3-13)7(15)6(4-14)17-8/h16H,1-2,15H2. The molecule has 0 aromatic carbocycles. The van der Waals surface area contributed by atoms with E-state index in [0.717, 1.165) is 11.3 Å². The van der Waals surface area contributed by atoms with Gasteiger partial charge in [0.15, 0.2) is 0 Å². The molecule has 8 heteroatoms. The molecule has 0 unspecified atom stereocenters. The van der Waals surface area contributed by atoms with Gasteiger partial charge in [0, 0.05) is 6.54 Å². The third kappa shape index (κ3) is 3.26. The number of nitrogens with zero attached hydrogens (tertiary/aromatic N) is 2. The molecule has 0 fully saturated rings. The largest absolute Gasteiger partial charge is 0.396 e. The van der Waals surface area contributed by atoms with Crippen molar-refractivity contribution in [1.29, 1.82) is 10.5 Å². The van der Waals surface area contributed by atoms with Gasteiger partial charge in [0.1, 0.15) is 27.6 Å². The van der Waals surface area contributed by atoms with Crippen LogP contribution in [0.3, 0.4) is 0 Å². The van der Waals surface area contributed by atoms with Crippen LogP contribution in [-0.4, -0.2) is 12.7 Å². The van der Waals surface area contributed by atoms with Crippen molar-refractivity contribution < 1.29 is 13.2 Å². The highest BCUT2D eigenvalue weighted by atomic mass is 32.1.